The molecule has 0 aliphatic carbocycles. The predicted molar refractivity (Wildman–Crippen MR) is 77.3 cm³/mol. The van der Waals surface area contributed by atoms with Crippen molar-refractivity contribution in [3.05, 3.63) is 0 Å². The summed E-state index contributed by atoms with van der Waals surface area (Å²) in [4.78, 5) is 5.00. The molecule has 0 unspecified atom stereocenters. The Morgan fingerprint density at radius 3 is 2.16 bits per heavy atom. The van der Waals surface area contributed by atoms with Crippen LogP contribution in [0.3, 0.4) is 0 Å². The zero-order valence-corrected chi connectivity index (χ0v) is 12.5. The van der Waals surface area contributed by atoms with Gasteiger partial charge in [0.1, 0.15) is 0 Å². The minimum absolute atomic E-state index is 0.672. The summed E-state index contributed by atoms with van der Waals surface area (Å²) in [5.41, 5.74) is 2.64. The third kappa shape index (κ3) is 17.8. The lowest BCUT2D eigenvalue weighted by Gasteiger charge is -2.07. The van der Waals surface area contributed by atoms with Crippen LogP contribution in [0.2, 0.25) is 0 Å². The standard InChI is InChI=1S/C13H31N3O3/c1-3-15-6-4-9-17-12-13-18-11-8-16-7-5-10-19-14-2/h14-16H,3-13H2,1-2H3. The third-order valence-corrected chi connectivity index (χ3v) is 2.43. The number of hydrogen-bond acceptors (Lipinski definition) is 6. The first-order valence-corrected chi connectivity index (χ1v) is 7.27. The van der Waals surface area contributed by atoms with Gasteiger partial charge in [-0.1, -0.05) is 6.92 Å². The molecule has 19 heavy (non-hydrogen) atoms. The van der Waals surface area contributed by atoms with E-state index < -0.39 is 0 Å². The molecule has 0 rings (SSSR count). The Morgan fingerprint density at radius 2 is 1.42 bits per heavy atom. The van der Waals surface area contributed by atoms with Crippen molar-refractivity contribution in [1.29, 1.82) is 0 Å². The molecule has 0 aromatic heterocycles. The van der Waals surface area contributed by atoms with Crippen LogP contribution in [0.4, 0.5) is 0 Å². The molecule has 0 bridgehead atoms. The van der Waals surface area contributed by atoms with E-state index in [2.05, 4.69) is 23.0 Å². The van der Waals surface area contributed by atoms with Gasteiger partial charge in [-0.15, -0.1) is 0 Å². The monoisotopic (exact) mass is 277 g/mol. The van der Waals surface area contributed by atoms with Crippen LogP contribution in [0, 0.1) is 0 Å². The summed E-state index contributed by atoms with van der Waals surface area (Å²) in [6.07, 6.45) is 2.06. The number of ether oxygens (including phenoxy) is 2. The van der Waals surface area contributed by atoms with Gasteiger partial charge in [-0.25, -0.2) is 5.48 Å². The van der Waals surface area contributed by atoms with Gasteiger partial charge in [0.15, 0.2) is 0 Å². The number of hydrogen-bond donors (Lipinski definition) is 3. The molecule has 0 aromatic rings. The zero-order valence-electron chi connectivity index (χ0n) is 12.5. The van der Waals surface area contributed by atoms with E-state index in [4.69, 9.17) is 14.3 Å². The van der Waals surface area contributed by atoms with Crippen LogP contribution in [0.5, 0.6) is 0 Å². The first-order valence-electron chi connectivity index (χ1n) is 7.27. The number of rotatable bonds is 16. The molecule has 6 heteroatoms. The summed E-state index contributed by atoms with van der Waals surface area (Å²) >= 11 is 0. The van der Waals surface area contributed by atoms with Gasteiger partial charge in [0.2, 0.25) is 0 Å². The maximum Gasteiger partial charge on any atom is 0.0701 e. The average Bonchev–Trinajstić information content (AvgIpc) is 2.43. The Balaban J connectivity index is 2.88. The number of nitrogens with one attached hydrogen (secondary N) is 3. The minimum atomic E-state index is 0.672. The van der Waals surface area contributed by atoms with E-state index in [1.54, 1.807) is 7.05 Å². The fourth-order valence-electron chi connectivity index (χ4n) is 1.44. The summed E-state index contributed by atoms with van der Waals surface area (Å²) < 4.78 is 10.9. The molecule has 116 valence electrons. The molecule has 0 radical (unpaired) electrons. The van der Waals surface area contributed by atoms with Crippen LogP contribution in [0.15, 0.2) is 0 Å². The highest BCUT2D eigenvalue weighted by atomic mass is 16.6. The van der Waals surface area contributed by atoms with Crippen molar-refractivity contribution >= 4 is 0 Å². The molecule has 0 amide bonds. The molecule has 0 aliphatic heterocycles. The Labute approximate surface area is 117 Å². The molecule has 0 spiro atoms. The third-order valence-electron chi connectivity index (χ3n) is 2.43. The van der Waals surface area contributed by atoms with E-state index >= 15 is 0 Å². The maximum absolute atomic E-state index is 5.44. The number of hydroxylamine groups is 1. The van der Waals surface area contributed by atoms with Gasteiger partial charge in [0.05, 0.1) is 26.4 Å². The van der Waals surface area contributed by atoms with Crippen molar-refractivity contribution in [2.45, 2.75) is 19.8 Å². The zero-order chi connectivity index (χ0) is 14.0. The highest BCUT2D eigenvalue weighted by Gasteiger charge is 1.92. The molecular weight excluding hydrogens is 246 g/mol. The molecule has 0 aliphatic rings. The quantitative estimate of drug-likeness (QED) is 0.276. The van der Waals surface area contributed by atoms with E-state index in [-0.39, 0.29) is 0 Å². The topological polar surface area (TPSA) is 63.8 Å². The molecule has 0 saturated carbocycles. The van der Waals surface area contributed by atoms with Crippen molar-refractivity contribution in [2.75, 3.05) is 66.3 Å². The fraction of sp³-hybridized carbons (Fsp3) is 1.00. The van der Waals surface area contributed by atoms with Crippen LogP contribution in [0.25, 0.3) is 0 Å². The molecule has 3 N–H and O–H groups in total. The van der Waals surface area contributed by atoms with Gasteiger partial charge in [0, 0.05) is 20.2 Å². The minimum Gasteiger partial charge on any atom is -0.379 e. The first-order chi connectivity index (χ1) is 9.41. The molecular formula is C13H31N3O3. The Hall–Kier alpha value is -0.240. The highest BCUT2D eigenvalue weighted by molar-refractivity contribution is 4.46. The lowest BCUT2D eigenvalue weighted by Crippen LogP contribution is -2.23. The smallest absolute Gasteiger partial charge is 0.0701 e. The van der Waals surface area contributed by atoms with Gasteiger partial charge in [0.25, 0.3) is 0 Å². The van der Waals surface area contributed by atoms with E-state index in [0.717, 1.165) is 58.8 Å². The fourth-order valence-corrected chi connectivity index (χ4v) is 1.44. The highest BCUT2D eigenvalue weighted by Crippen LogP contribution is 1.83. The van der Waals surface area contributed by atoms with E-state index in [1.165, 1.54) is 0 Å². The van der Waals surface area contributed by atoms with Gasteiger partial charge in [-0.05, 0) is 32.5 Å². The van der Waals surface area contributed by atoms with E-state index in [9.17, 15) is 0 Å². The van der Waals surface area contributed by atoms with Crippen molar-refractivity contribution in [1.82, 2.24) is 16.1 Å². The second-order valence-corrected chi connectivity index (χ2v) is 4.09. The molecule has 0 fully saturated rings. The van der Waals surface area contributed by atoms with Gasteiger partial charge in [-0.3, -0.25) is 0 Å². The molecule has 6 nitrogen and oxygen atoms in total. The van der Waals surface area contributed by atoms with Gasteiger partial charge < -0.3 is 24.9 Å². The Bertz CT molecular complexity index is 146. The van der Waals surface area contributed by atoms with Crippen LogP contribution < -0.4 is 16.1 Å². The summed E-state index contributed by atoms with van der Waals surface area (Å²) in [5.74, 6) is 0. The summed E-state index contributed by atoms with van der Waals surface area (Å²) in [6.45, 7) is 9.60. The Kier molecular flexibility index (Phi) is 17.5. The lowest BCUT2D eigenvalue weighted by atomic mass is 10.4. The van der Waals surface area contributed by atoms with Crippen LogP contribution in [-0.2, 0) is 14.3 Å². The average molecular weight is 277 g/mol. The SMILES string of the molecule is CCNCCCOCCOCCNCCCONC. The van der Waals surface area contributed by atoms with Crippen LogP contribution in [-0.4, -0.2) is 66.3 Å². The maximum atomic E-state index is 5.44. The van der Waals surface area contributed by atoms with Crippen LogP contribution >= 0.6 is 0 Å². The van der Waals surface area contributed by atoms with Crippen molar-refractivity contribution in [2.24, 2.45) is 0 Å². The molecule has 0 heterocycles. The van der Waals surface area contributed by atoms with Crippen molar-refractivity contribution < 1.29 is 14.3 Å². The molecule has 0 saturated heterocycles. The normalized spacial score (nSPS) is 11.1. The van der Waals surface area contributed by atoms with E-state index in [0.29, 0.717) is 13.2 Å². The van der Waals surface area contributed by atoms with Crippen molar-refractivity contribution in [3.63, 3.8) is 0 Å². The van der Waals surface area contributed by atoms with Gasteiger partial charge >= 0.3 is 0 Å². The molecule has 0 atom stereocenters. The predicted octanol–water partition coefficient (Wildman–Crippen LogP) is 0.150. The summed E-state index contributed by atoms with van der Waals surface area (Å²) in [6, 6.07) is 0. The first kappa shape index (κ1) is 18.8. The summed E-state index contributed by atoms with van der Waals surface area (Å²) in [7, 11) is 1.77. The Morgan fingerprint density at radius 1 is 0.737 bits per heavy atom. The molecule has 0 aromatic carbocycles. The second kappa shape index (κ2) is 17.8. The van der Waals surface area contributed by atoms with Crippen molar-refractivity contribution in [3.8, 4) is 0 Å². The van der Waals surface area contributed by atoms with Gasteiger partial charge in [-0.2, -0.15) is 0 Å². The lowest BCUT2D eigenvalue weighted by molar-refractivity contribution is 0.0463. The second-order valence-electron chi connectivity index (χ2n) is 4.09. The largest absolute Gasteiger partial charge is 0.379 e. The van der Waals surface area contributed by atoms with E-state index in [1.807, 2.05) is 0 Å². The van der Waals surface area contributed by atoms with Crippen LogP contribution in [0.1, 0.15) is 19.8 Å². The summed E-state index contributed by atoms with van der Waals surface area (Å²) in [5, 5.41) is 6.55.